The van der Waals surface area contributed by atoms with Crippen molar-refractivity contribution < 1.29 is 9.32 Å². The number of hydrogen-bond acceptors (Lipinski definition) is 5. The second-order valence-electron chi connectivity index (χ2n) is 4.10. The van der Waals surface area contributed by atoms with Crippen LogP contribution >= 0.6 is 11.8 Å². The summed E-state index contributed by atoms with van der Waals surface area (Å²) in [5.74, 6) is 2.74. The molecule has 1 fully saturated rings. The molecule has 1 amide bonds. The number of aryl methyl sites for hydroxylation is 2. The van der Waals surface area contributed by atoms with E-state index in [1.807, 2.05) is 13.8 Å². The Bertz CT molecular complexity index is 380. The number of nitrogens with zero attached hydrogens (tertiary/aromatic N) is 1. The van der Waals surface area contributed by atoms with Gasteiger partial charge >= 0.3 is 0 Å². The normalized spacial score (nSPS) is 20.2. The van der Waals surface area contributed by atoms with E-state index in [-0.39, 0.29) is 11.9 Å². The molecule has 0 spiro atoms. The first-order valence-electron chi connectivity index (χ1n) is 5.69. The molecular formula is C11H17N3O2S. The molecule has 0 aliphatic carbocycles. The molecule has 1 aromatic heterocycles. The predicted octanol–water partition coefficient (Wildman–Crippen LogP) is 0.613. The van der Waals surface area contributed by atoms with Crippen LogP contribution in [-0.2, 0) is 11.3 Å². The molecule has 1 unspecified atom stereocenters. The predicted molar refractivity (Wildman–Crippen MR) is 66.9 cm³/mol. The minimum Gasteiger partial charge on any atom is -0.361 e. The molecule has 17 heavy (non-hydrogen) atoms. The van der Waals surface area contributed by atoms with E-state index in [1.54, 1.807) is 11.8 Å². The molecule has 1 atom stereocenters. The zero-order valence-corrected chi connectivity index (χ0v) is 10.9. The van der Waals surface area contributed by atoms with Crippen molar-refractivity contribution in [3.8, 4) is 0 Å². The van der Waals surface area contributed by atoms with Crippen LogP contribution < -0.4 is 10.6 Å². The number of amides is 1. The standard InChI is InChI=1S/C11H17N3O2S/c1-7-9(8(2)16-14-7)5-13-11(15)10-6-17-4-3-12-10/h10,12H,3-6H2,1-2H3,(H,13,15). The van der Waals surface area contributed by atoms with Gasteiger partial charge in [0.05, 0.1) is 11.7 Å². The van der Waals surface area contributed by atoms with Crippen LogP contribution in [0.15, 0.2) is 4.52 Å². The number of thioether (sulfide) groups is 1. The Morgan fingerprint density at radius 2 is 2.47 bits per heavy atom. The molecular weight excluding hydrogens is 238 g/mol. The zero-order chi connectivity index (χ0) is 12.3. The third kappa shape index (κ3) is 3.01. The third-order valence-electron chi connectivity index (χ3n) is 2.86. The van der Waals surface area contributed by atoms with Crippen LogP contribution in [0.25, 0.3) is 0 Å². The van der Waals surface area contributed by atoms with Gasteiger partial charge in [-0.2, -0.15) is 11.8 Å². The van der Waals surface area contributed by atoms with Gasteiger partial charge in [-0.05, 0) is 13.8 Å². The molecule has 0 aromatic carbocycles. The van der Waals surface area contributed by atoms with Gasteiger partial charge < -0.3 is 15.2 Å². The lowest BCUT2D eigenvalue weighted by molar-refractivity contribution is -0.122. The molecule has 0 saturated carbocycles. The van der Waals surface area contributed by atoms with Gasteiger partial charge in [-0.15, -0.1) is 0 Å². The highest BCUT2D eigenvalue weighted by Gasteiger charge is 2.21. The first-order valence-corrected chi connectivity index (χ1v) is 6.84. The summed E-state index contributed by atoms with van der Waals surface area (Å²) in [6.45, 7) is 5.12. The Hall–Kier alpha value is -1.01. The van der Waals surface area contributed by atoms with Crippen molar-refractivity contribution in [1.82, 2.24) is 15.8 Å². The van der Waals surface area contributed by atoms with Gasteiger partial charge in [-0.25, -0.2) is 0 Å². The fraction of sp³-hybridized carbons (Fsp3) is 0.636. The van der Waals surface area contributed by atoms with Crippen LogP contribution in [0.4, 0.5) is 0 Å². The molecule has 2 N–H and O–H groups in total. The summed E-state index contributed by atoms with van der Waals surface area (Å²) in [4.78, 5) is 11.9. The van der Waals surface area contributed by atoms with Crippen LogP contribution in [-0.4, -0.2) is 35.2 Å². The van der Waals surface area contributed by atoms with Gasteiger partial charge in [0.15, 0.2) is 0 Å². The molecule has 0 bridgehead atoms. The molecule has 1 aliphatic rings. The van der Waals surface area contributed by atoms with Crippen molar-refractivity contribution in [3.63, 3.8) is 0 Å². The van der Waals surface area contributed by atoms with Crippen molar-refractivity contribution in [2.75, 3.05) is 18.1 Å². The SMILES string of the molecule is Cc1noc(C)c1CNC(=O)C1CSCCN1. The number of carbonyl (C=O) groups is 1. The molecule has 1 aliphatic heterocycles. The van der Waals surface area contributed by atoms with E-state index in [2.05, 4.69) is 15.8 Å². The second-order valence-corrected chi connectivity index (χ2v) is 5.25. The molecule has 1 aromatic rings. The van der Waals surface area contributed by atoms with Gasteiger partial charge in [0.2, 0.25) is 5.91 Å². The molecule has 94 valence electrons. The molecule has 6 heteroatoms. The van der Waals surface area contributed by atoms with Crippen molar-refractivity contribution >= 4 is 17.7 Å². The highest BCUT2D eigenvalue weighted by molar-refractivity contribution is 7.99. The van der Waals surface area contributed by atoms with Crippen molar-refractivity contribution in [3.05, 3.63) is 17.0 Å². The minimum atomic E-state index is -0.0748. The molecule has 1 saturated heterocycles. The highest BCUT2D eigenvalue weighted by atomic mass is 32.2. The maximum atomic E-state index is 11.9. The summed E-state index contributed by atoms with van der Waals surface area (Å²) in [6, 6.07) is -0.0748. The Balaban J connectivity index is 1.87. The average molecular weight is 255 g/mol. The Morgan fingerprint density at radius 3 is 3.06 bits per heavy atom. The maximum Gasteiger partial charge on any atom is 0.238 e. The fourth-order valence-corrected chi connectivity index (χ4v) is 2.72. The van der Waals surface area contributed by atoms with Crippen molar-refractivity contribution in [2.24, 2.45) is 0 Å². The average Bonchev–Trinajstić information content (AvgIpc) is 2.67. The Labute approximate surface area is 105 Å². The van der Waals surface area contributed by atoms with Gasteiger partial charge in [-0.3, -0.25) is 4.79 Å². The molecule has 2 rings (SSSR count). The summed E-state index contributed by atoms with van der Waals surface area (Å²) in [6.07, 6.45) is 0. The first kappa shape index (κ1) is 12.4. The van der Waals surface area contributed by atoms with Crippen LogP contribution in [0.5, 0.6) is 0 Å². The summed E-state index contributed by atoms with van der Waals surface area (Å²) in [5, 5.41) is 9.99. The van der Waals surface area contributed by atoms with Gasteiger partial charge in [0, 0.05) is 30.2 Å². The van der Waals surface area contributed by atoms with Crippen LogP contribution in [0.3, 0.4) is 0 Å². The lowest BCUT2D eigenvalue weighted by Gasteiger charge is -2.22. The third-order valence-corrected chi connectivity index (χ3v) is 3.92. The van der Waals surface area contributed by atoms with Crippen molar-refractivity contribution in [1.29, 1.82) is 0 Å². The number of aromatic nitrogens is 1. The monoisotopic (exact) mass is 255 g/mol. The quantitative estimate of drug-likeness (QED) is 0.828. The maximum absolute atomic E-state index is 11.9. The summed E-state index contributed by atoms with van der Waals surface area (Å²) >= 11 is 1.81. The summed E-state index contributed by atoms with van der Waals surface area (Å²) in [5.41, 5.74) is 1.82. The van der Waals surface area contributed by atoms with E-state index in [1.165, 1.54) is 0 Å². The number of carbonyl (C=O) groups excluding carboxylic acids is 1. The van der Waals surface area contributed by atoms with E-state index in [9.17, 15) is 4.79 Å². The van der Waals surface area contributed by atoms with E-state index in [4.69, 9.17) is 4.52 Å². The number of nitrogens with one attached hydrogen (secondary N) is 2. The molecule has 0 radical (unpaired) electrons. The largest absolute Gasteiger partial charge is 0.361 e. The number of hydrogen-bond donors (Lipinski definition) is 2. The van der Waals surface area contributed by atoms with Crippen LogP contribution in [0, 0.1) is 13.8 Å². The topological polar surface area (TPSA) is 67.2 Å². The molecule has 2 heterocycles. The Morgan fingerprint density at radius 1 is 1.65 bits per heavy atom. The minimum absolute atomic E-state index is 0.0530. The summed E-state index contributed by atoms with van der Waals surface area (Å²) in [7, 11) is 0. The van der Waals surface area contributed by atoms with E-state index >= 15 is 0 Å². The second kappa shape index (κ2) is 5.55. The van der Waals surface area contributed by atoms with Gasteiger partial charge in [-0.1, -0.05) is 5.16 Å². The molecule has 5 nitrogen and oxygen atoms in total. The lowest BCUT2D eigenvalue weighted by atomic mass is 10.2. The van der Waals surface area contributed by atoms with Gasteiger partial charge in [0.1, 0.15) is 5.76 Å². The zero-order valence-electron chi connectivity index (χ0n) is 10.1. The van der Waals surface area contributed by atoms with Crippen molar-refractivity contribution in [2.45, 2.75) is 26.4 Å². The van der Waals surface area contributed by atoms with Gasteiger partial charge in [0.25, 0.3) is 0 Å². The first-order chi connectivity index (χ1) is 8.18. The smallest absolute Gasteiger partial charge is 0.238 e. The fourth-order valence-electron chi connectivity index (χ4n) is 1.79. The van der Waals surface area contributed by atoms with E-state index in [0.717, 1.165) is 35.1 Å². The Kier molecular flexibility index (Phi) is 4.06. The summed E-state index contributed by atoms with van der Waals surface area (Å²) < 4.78 is 5.05. The highest BCUT2D eigenvalue weighted by Crippen LogP contribution is 2.12. The van der Waals surface area contributed by atoms with E-state index in [0.29, 0.717) is 6.54 Å². The van der Waals surface area contributed by atoms with E-state index < -0.39 is 0 Å². The lowest BCUT2D eigenvalue weighted by Crippen LogP contribution is -2.48. The van der Waals surface area contributed by atoms with Crippen LogP contribution in [0.1, 0.15) is 17.0 Å². The van der Waals surface area contributed by atoms with Crippen LogP contribution in [0.2, 0.25) is 0 Å². The number of rotatable bonds is 3.